The lowest BCUT2D eigenvalue weighted by Crippen LogP contribution is -2.51. The number of hydrogen-bond donors (Lipinski definition) is 0. The fourth-order valence-corrected chi connectivity index (χ4v) is 6.71. The molecule has 0 saturated heterocycles. The Labute approximate surface area is 202 Å². The molecule has 0 N–H and O–H groups in total. The summed E-state index contributed by atoms with van der Waals surface area (Å²) in [5.74, 6) is 0. The van der Waals surface area contributed by atoms with E-state index >= 15 is 0 Å². The average molecular weight is 503 g/mol. The molecule has 0 bridgehead atoms. The monoisotopic (exact) mass is 502 g/mol. The molecular formula is C26H30O6S2. The maximum absolute atomic E-state index is 12.9. The van der Waals surface area contributed by atoms with E-state index in [2.05, 4.69) is 0 Å². The van der Waals surface area contributed by atoms with Gasteiger partial charge in [0.1, 0.15) is 0 Å². The Bertz CT molecular complexity index is 1170. The zero-order chi connectivity index (χ0) is 24.5. The van der Waals surface area contributed by atoms with Crippen molar-refractivity contribution in [2.24, 2.45) is 10.8 Å². The van der Waals surface area contributed by atoms with Gasteiger partial charge in [-0.05, 0) is 63.8 Å². The van der Waals surface area contributed by atoms with Gasteiger partial charge < -0.3 is 0 Å². The molecule has 0 unspecified atom stereocenters. The molecule has 0 spiro atoms. The van der Waals surface area contributed by atoms with E-state index in [1.54, 1.807) is 24.3 Å². The lowest BCUT2D eigenvalue weighted by Gasteiger charge is -2.52. The van der Waals surface area contributed by atoms with Gasteiger partial charge >= 0.3 is 0 Å². The third-order valence-corrected chi connectivity index (χ3v) is 9.65. The molecule has 4 rings (SSSR count). The molecule has 0 radical (unpaired) electrons. The summed E-state index contributed by atoms with van der Waals surface area (Å²) in [4.78, 5) is 0.215. The Hall–Kier alpha value is -2.26. The van der Waals surface area contributed by atoms with E-state index in [0.717, 1.165) is 11.1 Å². The predicted octanol–water partition coefficient (Wildman–Crippen LogP) is 5.09. The molecule has 0 aliphatic heterocycles. The summed E-state index contributed by atoms with van der Waals surface area (Å²) in [6, 6.07) is 13.1. The van der Waals surface area contributed by atoms with Gasteiger partial charge in [-0.1, -0.05) is 59.7 Å². The van der Waals surface area contributed by atoms with Crippen LogP contribution in [0.3, 0.4) is 0 Å². The number of fused-ring (bicyclic) bond motifs is 1. The van der Waals surface area contributed by atoms with Gasteiger partial charge in [-0.15, -0.1) is 0 Å². The van der Waals surface area contributed by atoms with E-state index in [4.69, 9.17) is 8.37 Å². The summed E-state index contributed by atoms with van der Waals surface area (Å²) in [6.07, 6.45) is 10.4. The summed E-state index contributed by atoms with van der Waals surface area (Å²) in [5, 5.41) is 0. The Kier molecular flexibility index (Phi) is 6.88. The number of rotatable bonds is 8. The van der Waals surface area contributed by atoms with Gasteiger partial charge in [-0.25, -0.2) is 0 Å². The third kappa shape index (κ3) is 4.91. The van der Waals surface area contributed by atoms with Crippen molar-refractivity contribution in [3.8, 4) is 0 Å². The van der Waals surface area contributed by atoms with Crippen molar-refractivity contribution in [3.05, 3.63) is 84.0 Å². The minimum Gasteiger partial charge on any atom is -0.266 e. The largest absolute Gasteiger partial charge is 0.296 e. The highest BCUT2D eigenvalue weighted by Gasteiger charge is 2.53. The van der Waals surface area contributed by atoms with Crippen LogP contribution in [0.2, 0.25) is 0 Å². The van der Waals surface area contributed by atoms with Crippen LogP contribution in [0.15, 0.2) is 82.6 Å². The minimum atomic E-state index is -3.96. The predicted molar refractivity (Wildman–Crippen MR) is 130 cm³/mol. The Balaban J connectivity index is 1.58. The summed E-state index contributed by atoms with van der Waals surface area (Å²) in [7, 11) is -7.91. The molecule has 0 fully saturated rings. The molecule has 2 aromatic rings. The molecule has 6 nitrogen and oxygen atoms in total. The van der Waals surface area contributed by atoms with Crippen LogP contribution in [0.4, 0.5) is 0 Å². The number of aryl methyl sites for hydroxylation is 2. The maximum Gasteiger partial charge on any atom is 0.296 e. The lowest BCUT2D eigenvalue weighted by atomic mass is 9.54. The number of allylic oxidation sites excluding steroid dienone is 4. The second kappa shape index (κ2) is 9.41. The van der Waals surface area contributed by atoms with Crippen molar-refractivity contribution in [2.45, 2.75) is 49.3 Å². The second-order valence-electron chi connectivity index (χ2n) is 9.38. The normalized spacial score (nSPS) is 24.6. The van der Waals surface area contributed by atoms with E-state index in [1.807, 2.05) is 38.2 Å². The van der Waals surface area contributed by atoms with Crippen molar-refractivity contribution >= 4 is 20.2 Å². The van der Waals surface area contributed by atoms with Gasteiger partial charge in [0.2, 0.25) is 0 Å². The number of hydrogen-bond acceptors (Lipinski definition) is 6. The van der Waals surface area contributed by atoms with Crippen LogP contribution >= 0.6 is 0 Å². The molecule has 182 valence electrons. The molecule has 34 heavy (non-hydrogen) atoms. The fraction of sp³-hybridized carbons (Fsp3) is 0.385. The highest BCUT2D eigenvalue weighted by atomic mass is 32.2. The second-order valence-corrected chi connectivity index (χ2v) is 12.6. The average Bonchev–Trinajstić information content (AvgIpc) is 2.82. The van der Waals surface area contributed by atoms with Gasteiger partial charge in [0.15, 0.2) is 0 Å². The first-order chi connectivity index (χ1) is 16.1. The van der Waals surface area contributed by atoms with Gasteiger partial charge in [0.05, 0.1) is 23.0 Å². The van der Waals surface area contributed by atoms with E-state index in [1.165, 1.54) is 24.3 Å². The number of benzene rings is 2. The van der Waals surface area contributed by atoms with Crippen LogP contribution < -0.4 is 0 Å². The van der Waals surface area contributed by atoms with E-state index in [9.17, 15) is 16.8 Å². The summed E-state index contributed by atoms with van der Waals surface area (Å²) < 4.78 is 62.8. The standard InChI is InChI=1S/C26H30O6S2/c1-21-7-11-23(12-8-21)33(27,28)31-19-25-15-3-5-17-26(25,18-6-4-16-25)20-32-34(29,30)24-13-9-22(2)10-14-24/h3-14H,15-20H2,1-2H3. The summed E-state index contributed by atoms with van der Waals surface area (Å²) >= 11 is 0. The quantitative estimate of drug-likeness (QED) is 0.369. The zero-order valence-corrected chi connectivity index (χ0v) is 21.1. The topological polar surface area (TPSA) is 86.7 Å². The van der Waals surface area contributed by atoms with E-state index < -0.39 is 31.1 Å². The van der Waals surface area contributed by atoms with Crippen molar-refractivity contribution in [1.29, 1.82) is 0 Å². The molecule has 8 heteroatoms. The van der Waals surface area contributed by atoms with Crippen LogP contribution in [0.25, 0.3) is 0 Å². The Morgan fingerprint density at radius 3 is 1.18 bits per heavy atom. The van der Waals surface area contributed by atoms with Gasteiger partial charge in [0, 0.05) is 10.8 Å². The van der Waals surface area contributed by atoms with Crippen LogP contribution in [-0.4, -0.2) is 30.0 Å². The first-order valence-electron chi connectivity index (χ1n) is 11.3. The van der Waals surface area contributed by atoms with Crippen LogP contribution in [-0.2, 0) is 28.6 Å². The molecule has 0 amide bonds. The first kappa shape index (κ1) is 24.9. The lowest BCUT2D eigenvalue weighted by molar-refractivity contribution is -0.0450. The van der Waals surface area contributed by atoms with Crippen molar-refractivity contribution in [2.75, 3.05) is 13.2 Å². The molecular weight excluding hydrogens is 472 g/mol. The fourth-order valence-electron chi connectivity index (χ4n) is 4.74. The van der Waals surface area contributed by atoms with Crippen LogP contribution in [0.1, 0.15) is 36.8 Å². The smallest absolute Gasteiger partial charge is 0.266 e. The van der Waals surface area contributed by atoms with Crippen molar-refractivity contribution < 1.29 is 25.2 Å². The minimum absolute atomic E-state index is 0.0498. The molecule has 0 saturated carbocycles. The molecule has 0 aromatic heterocycles. The van der Waals surface area contributed by atoms with E-state index in [-0.39, 0.29) is 23.0 Å². The summed E-state index contributed by atoms with van der Waals surface area (Å²) in [6.45, 7) is 3.67. The maximum atomic E-state index is 12.9. The van der Waals surface area contributed by atoms with Crippen molar-refractivity contribution in [3.63, 3.8) is 0 Å². The Morgan fingerprint density at radius 1 is 0.588 bits per heavy atom. The molecule has 2 aliphatic rings. The van der Waals surface area contributed by atoms with Gasteiger partial charge in [-0.2, -0.15) is 16.8 Å². The van der Waals surface area contributed by atoms with Gasteiger partial charge in [0.25, 0.3) is 20.2 Å². The molecule has 0 atom stereocenters. The van der Waals surface area contributed by atoms with Crippen LogP contribution in [0.5, 0.6) is 0 Å². The molecule has 2 aliphatic carbocycles. The van der Waals surface area contributed by atoms with Gasteiger partial charge in [-0.3, -0.25) is 8.37 Å². The van der Waals surface area contributed by atoms with Crippen LogP contribution in [0, 0.1) is 24.7 Å². The molecule has 0 heterocycles. The van der Waals surface area contributed by atoms with Crippen molar-refractivity contribution in [1.82, 2.24) is 0 Å². The third-order valence-electron chi connectivity index (χ3n) is 7.09. The SMILES string of the molecule is Cc1ccc(S(=O)(=O)OCC23CC=CCC2(COS(=O)(=O)c2ccc(C)cc2)CC=CC3)cc1. The highest BCUT2D eigenvalue weighted by Crippen LogP contribution is 2.56. The molecule has 2 aromatic carbocycles. The van der Waals surface area contributed by atoms with E-state index in [0.29, 0.717) is 25.7 Å². The summed E-state index contributed by atoms with van der Waals surface area (Å²) in [5.41, 5.74) is 0.713. The zero-order valence-electron chi connectivity index (χ0n) is 19.4. The Morgan fingerprint density at radius 2 is 0.882 bits per heavy atom. The first-order valence-corrected chi connectivity index (χ1v) is 14.1. The highest BCUT2D eigenvalue weighted by molar-refractivity contribution is 7.87.